The highest BCUT2D eigenvalue weighted by molar-refractivity contribution is 4.75. The minimum atomic E-state index is 0.229. The van der Waals surface area contributed by atoms with Crippen molar-refractivity contribution in [2.24, 2.45) is 5.73 Å². The van der Waals surface area contributed by atoms with Gasteiger partial charge in [-0.3, -0.25) is 0 Å². The van der Waals surface area contributed by atoms with Crippen LogP contribution in [0.3, 0.4) is 0 Å². The van der Waals surface area contributed by atoms with Gasteiger partial charge in [0, 0.05) is 13.2 Å². The second kappa shape index (κ2) is 7.21. The third kappa shape index (κ3) is 4.40. The van der Waals surface area contributed by atoms with Gasteiger partial charge < -0.3 is 15.2 Å². The van der Waals surface area contributed by atoms with Gasteiger partial charge in [0.2, 0.25) is 0 Å². The minimum Gasteiger partial charge on any atom is -0.382 e. The van der Waals surface area contributed by atoms with E-state index in [1.54, 1.807) is 7.11 Å². The van der Waals surface area contributed by atoms with Crippen LogP contribution in [0.1, 0.15) is 38.5 Å². The van der Waals surface area contributed by atoms with Crippen LogP contribution in [0.15, 0.2) is 0 Å². The summed E-state index contributed by atoms with van der Waals surface area (Å²) in [5.74, 6) is 0. The molecular formula is C11H23NO2. The molecule has 1 rings (SSSR count). The van der Waals surface area contributed by atoms with Gasteiger partial charge in [-0.15, -0.1) is 0 Å². The summed E-state index contributed by atoms with van der Waals surface area (Å²) in [5, 5.41) is 0. The Morgan fingerprint density at radius 2 is 1.79 bits per heavy atom. The topological polar surface area (TPSA) is 44.5 Å². The Morgan fingerprint density at radius 3 is 2.50 bits per heavy atom. The van der Waals surface area contributed by atoms with Gasteiger partial charge in [-0.1, -0.05) is 25.7 Å². The summed E-state index contributed by atoms with van der Waals surface area (Å²) in [4.78, 5) is 0. The Bertz CT molecular complexity index is 141. The van der Waals surface area contributed by atoms with Crippen molar-refractivity contribution >= 4 is 0 Å². The minimum absolute atomic E-state index is 0.229. The molecule has 14 heavy (non-hydrogen) atoms. The van der Waals surface area contributed by atoms with Gasteiger partial charge in [0.1, 0.15) is 0 Å². The summed E-state index contributed by atoms with van der Waals surface area (Å²) in [7, 11) is 1.70. The van der Waals surface area contributed by atoms with E-state index in [1.165, 1.54) is 25.7 Å². The number of ether oxygens (including phenoxy) is 2. The number of rotatable bonds is 4. The summed E-state index contributed by atoms with van der Waals surface area (Å²) >= 11 is 0. The SMILES string of the molecule is COCCOC1CCCCCCC1N. The largest absolute Gasteiger partial charge is 0.382 e. The van der Waals surface area contributed by atoms with Crippen LogP contribution in [0.25, 0.3) is 0 Å². The van der Waals surface area contributed by atoms with Gasteiger partial charge in [-0.2, -0.15) is 0 Å². The molecule has 3 heteroatoms. The predicted molar refractivity (Wildman–Crippen MR) is 57.3 cm³/mol. The Hall–Kier alpha value is -0.120. The fourth-order valence-electron chi connectivity index (χ4n) is 1.97. The molecule has 0 spiro atoms. The first-order valence-corrected chi connectivity index (χ1v) is 5.70. The second-order valence-corrected chi connectivity index (χ2v) is 4.06. The lowest BCUT2D eigenvalue weighted by Crippen LogP contribution is -2.38. The van der Waals surface area contributed by atoms with Crippen LogP contribution in [-0.4, -0.2) is 32.5 Å². The fraction of sp³-hybridized carbons (Fsp3) is 1.00. The van der Waals surface area contributed by atoms with Crippen LogP contribution < -0.4 is 5.73 Å². The lowest BCUT2D eigenvalue weighted by Gasteiger charge is -2.26. The van der Waals surface area contributed by atoms with Crippen molar-refractivity contribution in [3.8, 4) is 0 Å². The average molecular weight is 201 g/mol. The standard InChI is InChI=1S/C11H23NO2/c1-13-8-9-14-11-7-5-3-2-4-6-10(11)12/h10-11H,2-9,12H2,1H3. The average Bonchev–Trinajstić information content (AvgIpc) is 2.17. The van der Waals surface area contributed by atoms with Crippen LogP contribution in [0.2, 0.25) is 0 Å². The van der Waals surface area contributed by atoms with Crippen LogP contribution in [0.5, 0.6) is 0 Å². The van der Waals surface area contributed by atoms with Gasteiger partial charge in [0.15, 0.2) is 0 Å². The Labute approximate surface area is 86.9 Å². The highest BCUT2D eigenvalue weighted by atomic mass is 16.5. The molecule has 84 valence electrons. The first-order chi connectivity index (χ1) is 6.84. The molecule has 1 aliphatic carbocycles. The Morgan fingerprint density at radius 1 is 1.07 bits per heavy atom. The van der Waals surface area contributed by atoms with Crippen molar-refractivity contribution in [2.75, 3.05) is 20.3 Å². The summed E-state index contributed by atoms with van der Waals surface area (Å²) in [6.45, 7) is 1.35. The molecule has 0 radical (unpaired) electrons. The maximum atomic E-state index is 6.06. The fourth-order valence-corrected chi connectivity index (χ4v) is 1.97. The molecular weight excluding hydrogens is 178 g/mol. The molecule has 0 aliphatic heterocycles. The van der Waals surface area contributed by atoms with Gasteiger partial charge in [0.25, 0.3) is 0 Å². The van der Waals surface area contributed by atoms with E-state index in [1.807, 2.05) is 0 Å². The van der Waals surface area contributed by atoms with Crippen molar-refractivity contribution in [2.45, 2.75) is 50.7 Å². The van der Waals surface area contributed by atoms with E-state index in [4.69, 9.17) is 15.2 Å². The van der Waals surface area contributed by atoms with Gasteiger partial charge in [0.05, 0.1) is 19.3 Å². The molecule has 0 aromatic heterocycles. The van der Waals surface area contributed by atoms with E-state index in [9.17, 15) is 0 Å². The smallest absolute Gasteiger partial charge is 0.0727 e. The first kappa shape index (κ1) is 12.0. The highest BCUT2D eigenvalue weighted by Gasteiger charge is 2.19. The molecule has 3 nitrogen and oxygen atoms in total. The van der Waals surface area contributed by atoms with E-state index in [2.05, 4.69) is 0 Å². The van der Waals surface area contributed by atoms with Crippen LogP contribution in [-0.2, 0) is 9.47 Å². The van der Waals surface area contributed by atoms with Crippen molar-refractivity contribution < 1.29 is 9.47 Å². The molecule has 0 saturated heterocycles. The summed E-state index contributed by atoms with van der Waals surface area (Å²) in [6.07, 6.45) is 7.65. The molecule has 1 saturated carbocycles. The lowest BCUT2D eigenvalue weighted by atomic mass is 9.95. The molecule has 1 fully saturated rings. The van der Waals surface area contributed by atoms with Crippen LogP contribution in [0, 0.1) is 0 Å². The summed E-state index contributed by atoms with van der Waals surface area (Å²) in [5.41, 5.74) is 6.06. The molecule has 2 N–H and O–H groups in total. The van der Waals surface area contributed by atoms with Crippen molar-refractivity contribution in [1.82, 2.24) is 0 Å². The summed E-state index contributed by atoms with van der Waals surface area (Å²) in [6, 6.07) is 0.229. The zero-order valence-corrected chi connectivity index (χ0v) is 9.21. The second-order valence-electron chi connectivity index (χ2n) is 4.06. The third-order valence-electron chi connectivity index (χ3n) is 2.87. The van der Waals surface area contributed by atoms with Crippen LogP contribution in [0.4, 0.5) is 0 Å². The van der Waals surface area contributed by atoms with Gasteiger partial charge >= 0.3 is 0 Å². The first-order valence-electron chi connectivity index (χ1n) is 5.70. The highest BCUT2D eigenvalue weighted by Crippen LogP contribution is 2.18. The van der Waals surface area contributed by atoms with E-state index in [-0.39, 0.29) is 12.1 Å². The zero-order valence-electron chi connectivity index (χ0n) is 9.21. The van der Waals surface area contributed by atoms with E-state index in [0.29, 0.717) is 13.2 Å². The van der Waals surface area contributed by atoms with Crippen LogP contribution >= 0.6 is 0 Å². The molecule has 0 amide bonds. The van der Waals surface area contributed by atoms with Crippen molar-refractivity contribution in [3.63, 3.8) is 0 Å². The van der Waals surface area contributed by atoms with Crippen molar-refractivity contribution in [1.29, 1.82) is 0 Å². The maximum Gasteiger partial charge on any atom is 0.0727 e. The number of hydrogen-bond donors (Lipinski definition) is 1. The molecule has 0 aromatic rings. The monoisotopic (exact) mass is 201 g/mol. The summed E-state index contributed by atoms with van der Waals surface area (Å²) < 4.78 is 10.7. The zero-order chi connectivity index (χ0) is 10.2. The Balaban J connectivity index is 2.22. The van der Waals surface area contributed by atoms with E-state index >= 15 is 0 Å². The third-order valence-corrected chi connectivity index (χ3v) is 2.87. The molecule has 1 aliphatic rings. The van der Waals surface area contributed by atoms with Crippen molar-refractivity contribution in [3.05, 3.63) is 0 Å². The quantitative estimate of drug-likeness (QED) is 0.704. The number of methoxy groups -OCH3 is 1. The van der Waals surface area contributed by atoms with Gasteiger partial charge in [-0.25, -0.2) is 0 Å². The molecule has 2 unspecified atom stereocenters. The normalized spacial score (nSPS) is 29.6. The number of hydrogen-bond acceptors (Lipinski definition) is 3. The maximum absolute atomic E-state index is 6.06. The predicted octanol–water partition coefficient (Wildman–Crippen LogP) is 1.70. The Kier molecular flexibility index (Phi) is 6.15. The molecule has 0 aromatic carbocycles. The lowest BCUT2D eigenvalue weighted by molar-refractivity contribution is -0.00427. The van der Waals surface area contributed by atoms with E-state index < -0.39 is 0 Å². The molecule has 0 bridgehead atoms. The van der Waals surface area contributed by atoms with E-state index in [0.717, 1.165) is 12.8 Å². The molecule has 2 atom stereocenters. The number of nitrogens with two attached hydrogens (primary N) is 1. The molecule has 0 heterocycles. The van der Waals surface area contributed by atoms with Gasteiger partial charge in [-0.05, 0) is 12.8 Å².